The molecule has 2 heterocycles. The first-order chi connectivity index (χ1) is 26.3. The number of carbonyl (C=O) groups excluding carboxylic acids is 2. The minimum atomic E-state index is -0.899. The lowest BCUT2D eigenvalue weighted by Crippen LogP contribution is -3.00. The van der Waals surface area contributed by atoms with Gasteiger partial charge in [0.25, 0.3) is 11.0 Å². The zero-order valence-electron chi connectivity index (χ0n) is 28.8. The SMILES string of the molecule is C#CC#CC#CC#CC#CC#CC#CC#CC#C.CC(CC(=O)N1CCCCC1)[n+]1cccc(C(=O)NCCO[N+](=O)[O-])c1.N=N/N=N/OOOOOO.[HH].[HH].[HH].[HH].[HH].[HH].[HH].[HH].[HH].[HH].[HH].[HH].[I-]. The summed E-state index contributed by atoms with van der Waals surface area (Å²) in [4.78, 5) is 44.2. The van der Waals surface area contributed by atoms with Crippen LogP contribution >= 0.6 is 0 Å². The van der Waals surface area contributed by atoms with Gasteiger partial charge in [0, 0.05) is 58.1 Å². The molecule has 20 heteroatoms. The molecule has 3 N–H and O–H groups in total. The molecule has 2 amide bonds. The molecule has 1 saturated heterocycles. The lowest BCUT2D eigenvalue weighted by molar-refractivity contribution is -0.757. The molecular formula is C35H53IN8O11. The number of carbonyl (C=O) groups is 2. The van der Waals surface area contributed by atoms with E-state index in [1.54, 1.807) is 18.3 Å². The van der Waals surface area contributed by atoms with Crippen LogP contribution in [-0.2, 0) is 34.8 Å². The molecule has 2 rings (SSSR count). The van der Waals surface area contributed by atoms with Gasteiger partial charge in [-0.2, -0.15) is 10.5 Å². The van der Waals surface area contributed by atoms with Gasteiger partial charge in [-0.15, -0.1) is 23.0 Å². The van der Waals surface area contributed by atoms with Gasteiger partial charge >= 0.3 is 0 Å². The first-order valence-electron chi connectivity index (χ1n) is 14.8. The third-order valence-corrected chi connectivity index (χ3v) is 5.54. The maximum atomic E-state index is 12.4. The van der Waals surface area contributed by atoms with E-state index >= 15 is 0 Å². The molecule has 1 atom stereocenters. The number of likely N-dealkylation sites (tertiary alicyclic amines) is 1. The zero-order valence-corrected chi connectivity index (χ0v) is 30.9. The van der Waals surface area contributed by atoms with Crippen LogP contribution in [0.15, 0.2) is 40.3 Å². The second-order valence-corrected chi connectivity index (χ2v) is 9.01. The van der Waals surface area contributed by atoms with Crippen LogP contribution in [0, 0.1) is 123 Å². The van der Waals surface area contributed by atoms with Gasteiger partial charge in [-0.3, -0.25) is 9.59 Å². The van der Waals surface area contributed by atoms with E-state index in [4.69, 9.17) is 23.6 Å². The van der Waals surface area contributed by atoms with E-state index in [0.717, 1.165) is 25.9 Å². The van der Waals surface area contributed by atoms with Gasteiger partial charge in [-0.1, -0.05) is 0 Å². The van der Waals surface area contributed by atoms with Crippen molar-refractivity contribution in [2.75, 3.05) is 26.2 Å². The summed E-state index contributed by atoms with van der Waals surface area (Å²) in [7, 11) is 0. The van der Waals surface area contributed by atoms with Crippen LogP contribution in [0.4, 0.5) is 0 Å². The lowest BCUT2D eigenvalue weighted by atomic mass is 10.1. The van der Waals surface area contributed by atoms with Crippen molar-refractivity contribution in [3.8, 4) is 108 Å². The Morgan fingerprint density at radius 1 is 0.982 bits per heavy atom. The van der Waals surface area contributed by atoms with E-state index in [9.17, 15) is 19.7 Å². The summed E-state index contributed by atoms with van der Waals surface area (Å²) in [6, 6.07) is 3.32. The van der Waals surface area contributed by atoms with E-state index in [2.05, 4.69) is 146 Å². The molecule has 1 aromatic heterocycles. The first kappa shape index (κ1) is 50.0. The van der Waals surface area contributed by atoms with Gasteiger partial charge in [0.15, 0.2) is 18.4 Å². The van der Waals surface area contributed by atoms with Crippen molar-refractivity contribution in [2.45, 2.75) is 38.6 Å². The highest BCUT2D eigenvalue weighted by Crippen LogP contribution is 2.13. The van der Waals surface area contributed by atoms with Gasteiger partial charge in [-0.05, 0) is 142 Å². The van der Waals surface area contributed by atoms with E-state index in [0.29, 0.717) is 12.0 Å². The molecule has 0 aromatic carbocycles. The molecule has 1 fully saturated rings. The van der Waals surface area contributed by atoms with Gasteiger partial charge in [-0.25, -0.2) is 9.82 Å². The largest absolute Gasteiger partial charge is 1.00 e. The average molecular weight is 889 g/mol. The Balaban J connectivity index is -0.0000000514. The van der Waals surface area contributed by atoms with Crippen LogP contribution in [0.5, 0.6) is 0 Å². The maximum Gasteiger partial charge on any atom is 0.294 e. The molecule has 306 valence electrons. The third kappa shape index (κ3) is 30.2. The van der Waals surface area contributed by atoms with Crippen LogP contribution < -0.4 is 33.9 Å². The Kier molecular flexibility index (Phi) is 33.3. The van der Waals surface area contributed by atoms with Crippen LogP contribution in [0.1, 0.15) is 66.1 Å². The molecule has 0 spiro atoms. The number of aromatic nitrogens is 1. The Morgan fingerprint density at radius 2 is 1.53 bits per heavy atom. The normalized spacial score (nSPS) is 10.2. The topological polar surface area (TPSA) is 233 Å². The van der Waals surface area contributed by atoms with Crippen molar-refractivity contribution >= 4 is 11.8 Å². The minimum absolute atomic E-state index is 0. The number of pyridine rings is 1. The summed E-state index contributed by atoms with van der Waals surface area (Å²) < 4.78 is 1.84. The minimum Gasteiger partial charge on any atom is -1.00 e. The smallest absolute Gasteiger partial charge is 0.294 e. The fourth-order valence-electron chi connectivity index (χ4n) is 3.45. The molecule has 1 aliphatic heterocycles. The number of nitrogens with one attached hydrogen (secondary N) is 2. The molecule has 55 heavy (non-hydrogen) atoms. The van der Waals surface area contributed by atoms with Crippen molar-refractivity contribution in [2.24, 2.45) is 15.7 Å². The molecular weight excluding hydrogens is 835 g/mol. The zero-order chi connectivity index (χ0) is 39.9. The summed E-state index contributed by atoms with van der Waals surface area (Å²) in [5, 5.41) is 39.6. The number of rotatable bonds is 14. The summed E-state index contributed by atoms with van der Waals surface area (Å²) in [6.45, 7) is 3.42. The highest BCUT2D eigenvalue weighted by atomic mass is 127. The number of nitrogens with zero attached hydrogens (tertiary/aromatic N) is 6. The van der Waals surface area contributed by atoms with Crippen LogP contribution in [0.3, 0.4) is 0 Å². The van der Waals surface area contributed by atoms with E-state index < -0.39 is 5.09 Å². The average Bonchev–Trinajstić information content (AvgIpc) is 3.18. The first-order valence-corrected chi connectivity index (χ1v) is 14.8. The van der Waals surface area contributed by atoms with Crippen LogP contribution in [-0.4, -0.2) is 53.3 Å². The molecule has 0 bridgehead atoms. The fraction of sp³-hybridized carbons (Fsp3) is 0.286. The molecule has 1 aromatic rings. The molecule has 19 nitrogen and oxygen atoms in total. The van der Waals surface area contributed by atoms with E-state index in [-0.39, 0.29) is 72.1 Å². The van der Waals surface area contributed by atoms with Gasteiger partial charge in [0.2, 0.25) is 5.91 Å². The molecule has 0 radical (unpaired) electrons. The van der Waals surface area contributed by atoms with Gasteiger partial charge in [0.05, 0.1) is 11.7 Å². The number of amides is 2. The lowest BCUT2D eigenvalue weighted by Gasteiger charge is -2.27. The van der Waals surface area contributed by atoms with E-state index in [1.165, 1.54) is 6.42 Å². The van der Waals surface area contributed by atoms with Crippen molar-refractivity contribution in [3.05, 3.63) is 40.2 Å². The number of halogens is 1. The quantitative estimate of drug-likeness (QED) is 0.0355. The van der Waals surface area contributed by atoms with Crippen molar-refractivity contribution in [1.82, 2.24) is 10.2 Å². The second-order valence-electron chi connectivity index (χ2n) is 9.01. The number of terminal acetylenes is 2. The van der Waals surface area contributed by atoms with Gasteiger partial charge in [0.1, 0.15) is 12.2 Å². The van der Waals surface area contributed by atoms with Crippen molar-refractivity contribution in [1.29, 1.82) is 5.53 Å². The van der Waals surface area contributed by atoms with Crippen LogP contribution in [0.25, 0.3) is 0 Å². The highest BCUT2D eigenvalue weighted by Gasteiger charge is 2.23. The van der Waals surface area contributed by atoms with Crippen LogP contribution in [0.2, 0.25) is 0 Å². The number of hydrogen-bond donors (Lipinski definition) is 3. The predicted octanol–water partition coefficient (Wildman–Crippen LogP) is 1.62. The molecule has 0 aliphatic carbocycles. The third-order valence-electron chi connectivity index (χ3n) is 5.54. The highest BCUT2D eigenvalue weighted by molar-refractivity contribution is 5.93. The Bertz CT molecular complexity index is 1950. The van der Waals surface area contributed by atoms with Gasteiger partial charge < -0.3 is 39.0 Å². The Morgan fingerprint density at radius 3 is 2.02 bits per heavy atom. The maximum absolute atomic E-state index is 12.4. The summed E-state index contributed by atoms with van der Waals surface area (Å²) in [5.41, 5.74) is 6.43. The van der Waals surface area contributed by atoms with Crippen molar-refractivity contribution < 1.29 is 95.6 Å². The molecule has 1 aliphatic rings. The molecule has 1 unspecified atom stereocenters. The fourth-order valence-corrected chi connectivity index (χ4v) is 3.45. The standard InChI is InChI=1S/C18H2.C17H24N4O5.HI.H2N4O6.12H2/c1-3-5-7-9-11-13-15-17-18-16-14-12-10-8-6-4-2;1-14(12-16(22)19-8-3-2-4-9-19)20-10-5-6-15(13-20)17(23)18-7-11-26-21(24)25;;1-2-3-4-6-8-10-9-7-5;;;;;;;;;;;;/h1-2H;5-6,10,13-14H,2-4,7-9,11-12H2,1H3;1H;1,5H;12*1H/b;;;2-1?,4-3+;;;;;;;;;;;;. The second kappa shape index (κ2) is 36.6. The Labute approximate surface area is 351 Å². The van der Waals surface area contributed by atoms with Crippen molar-refractivity contribution in [3.63, 3.8) is 0 Å². The molecule has 0 saturated carbocycles. The number of hydrogen-bond acceptors (Lipinski definition) is 13. The Hall–Kier alpha value is -7.14. The summed E-state index contributed by atoms with van der Waals surface area (Å²) in [5.74, 6) is 38.0. The van der Waals surface area contributed by atoms with E-state index in [1.807, 2.05) is 22.6 Å². The summed E-state index contributed by atoms with van der Waals surface area (Å²) >= 11 is 0. The predicted molar refractivity (Wildman–Crippen MR) is 207 cm³/mol. The monoisotopic (exact) mass is 888 g/mol. The number of piperidine rings is 1. The summed E-state index contributed by atoms with van der Waals surface area (Å²) in [6.07, 6.45) is 16.9.